The standard InChI is InChI=1S/C25H20N8O2/c1-13(2)25(34)29-17-5-15(7-26-9-17)16-6-18-22(32-33-23(18)28-8-16)24-30-20-11-27-10-19(21(20)31-24)14-3-4-35-12-14/h3-13H,1-2H3,(H,29,34)(H,30,31)(H,28,32,33). The largest absolute Gasteiger partial charge is 0.472 e. The molecule has 6 aromatic rings. The van der Waals surface area contributed by atoms with Crippen LogP contribution < -0.4 is 5.32 Å². The van der Waals surface area contributed by atoms with Gasteiger partial charge >= 0.3 is 0 Å². The Bertz CT molecular complexity index is 1680. The molecule has 0 aromatic carbocycles. The van der Waals surface area contributed by atoms with Crippen molar-refractivity contribution in [1.29, 1.82) is 0 Å². The Kier molecular flexibility index (Phi) is 4.84. The van der Waals surface area contributed by atoms with Crippen LogP contribution in [0, 0.1) is 5.92 Å². The van der Waals surface area contributed by atoms with Crippen LogP contribution in [0.15, 0.2) is 66.1 Å². The molecule has 35 heavy (non-hydrogen) atoms. The van der Waals surface area contributed by atoms with Gasteiger partial charge in [0.15, 0.2) is 11.5 Å². The number of hydrogen-bond acceptors (Lipinski definition) is 7. The monoisotopic (exact) mass is 464 g/mol. The van der Waals surface area contributed by atoms with Crippen molar-refractivity contribution in [2.45, 2.75) is 13.8 Å². The van der Waals surface area contributed by atoms with Crippen molar-refractivity contribution in [3.8, 4) is 33.8 Å². The first-order valence-electron chi connectivity index (χ1n) is 11.0. The number of nitrogens with zero attached hydrogens (tertiary/aromatic N) is 5. The molecule has 0 radical (unpaired) electrons. The summed E-state index contributed by atoms with van der Waals surface area (Å²) in [7, 11) is 0. The molecule has 0 saturated carbocycles. The van der Waals surface area contributed by atoms with E-state index < -0.39 is 0 Å². The van der Waals surface area contributed by atoms with E-state index >= 15 is 0 Å². The zero-order chi connectivity index (χ0) is 23.9. The van der Waals surface area contributed by atoms with Gasteiger partial charge in [-0.3, -0.25) is 19.9 Å². The van der Waals surface area contributed by atoms with E-state index in [0.29, 0.717) is 22.9 Å². The van der Waals surface area contributed by atoms with Crippen molar-refractivity contribution in [3.63, 3.8) is 0 Å². The van der Waals surface area contributed by atoms with E-state index in [1.54, 1.807) is 43.5 Å². The molecule has 10 nitrogen and oxygen atoms in total. The Morgan fingerprint density at radius 2 is 1.89 bits per heavy atom. The van der Waals surface area contributed by atoms with Crippen molar-refractivity contribution in [3.05, 3.63) is 61.7 Å². The molecule has 0 saturated heterocycles. The van der Waals surface area contributed by atoms with E-state index in [0.717, 1.165) is 38.7 Å². The fourth-order valence-corrected chi connectivity index (χ4v) is 3.87. The maximum atomic E-state index is 12.1. The fraction of sp³-hybridized carbons (Fsp3) is 0.120. The van der Waals surface area contributed by atoms with Crippen LogP contribution >= 0.6 is 0 Å². The molecular formula is C25H20N8O2. The number of carbonyl (C=O) groups is 1. The number of pyridine rings is 3. The second-order valence-electron chi connectivity index (χ2n) is 8.48. The topological polar surface area (TPSA) is 138 Å². The van der Waals surface area contributed by atoms with Crippen LogP contribution in [0.5, 0.6) is 0 Å². The molecule has 0 bridgehead atoms. The smallest absolute Gasteiger partial charge is 0.226 e. The number of carbonyl (C=O) groups excluding carboxylic acids is 1. The summed E-state index contributed by atoms with van der Waals surface area (Å²) in [5.41, 5.74) is 6.89. The maximum Gasteiger partial charge on any atom is 0.226 e. The summed E-state index contributed by atoms with van der Waals surface area (Å²) in [6.07, 6.45) is 11.9. The van der Waals surface area contributed by atoms with Gasteiger partial charge in [0.05, 0.1) is 41.5 Å². The number of H-pyrrole nitrogens is 2. The molecule has 6 rings (SSSR count). The average molecular weight is 464 g/mol. The number of fused-ring (bicyclic) bond motifs is 2. The van der Waals surface area contributed by atoms with Crippen molar-refractivity contribution in [2.75, 3.05) is 5.32 Å². The summed E-state index contributed by atoms with van der Waals surface area (Å²) < 4.78 is 5.23. The van der Waals surface area contributed by atoms with Crippen molar-refractivity contribution in [2.24, 2.45) is 5.92 Å². The minimum atomic E-state index is -0.127. The Hall–Kier alpha value is -4.86. The normalized spacial score (nSPS) is 11.5. The first-order chi connectivity index (χ1) is 17.1. The van der Waals surface area contributed by atoms with Gasteiger partial charge in [-0.15, -0.1) is 0 Å². The SMILES string of the molecule is CC(C)C(=O)Nc1cncc(-c2cnc3[nH]nc(-c4nc5c(-c6ccoc6)cncc5[nH]4)c3c2)c1. The maximum absolute atomic E-state index is 12.1. The highest BCUT2D eigenvalue weighted by Gasteiger charge is 2.17. The Balaban J connectivity index is 1.41. The molecule has 6 heterocycles. The highest BCUT2D eigenvalue weighted by atomic mass is 16.3. The minimum absolute atomic E-state index is 0.0659. The summed E-state index contributed by atoms with van der Waals surface area (Å²) in [5.74, 6) is 0.404. The van der Waals surface area contributed by atoms with Gasteiger partial charge in [-0.2, -0.15) is 5.10 Å². The number of hydrogen-bond donors (Lipinski definition) is 3. The third kappa shape index (κ3) is 3.70. The third-order valence-electron chi connectivity index (χ3n) is 5.73. The second-order valence-corrected chi connectivity index (χ2v) is 8.48. The Morgan fingerprint density at radius 1 is 1.03 bits per heavy atom. The number of amides is 1. The summed E-state index contributed by atoms with van der Waals surface area (Å²) in [4.78, 5) is 33.4. The molecule has 0 aliphatic heterocycles. The molecule has 0 spiro atoms. The van der Waals surface area contributed by atoms with Gasteiger partial charge in [0.1, 0.15) is 11.2 Å². The lowest BCUT2D eigenvalue weighted by atomic mass is 10.1. The first kappa shape index (κ1) is 20.7. The van der Waals surface area contributed by atoms with Crippen LogP contribution in [0.1, 0.15) is 13.8 Å². The van der Waals surface area contributed by atoms with Crippen LogP contribution in [-0.2, 0) is 4.79 Å². The van der Waals surface area contributed by atoms with Gasteiger partial charge in [0, 0.05) is 46.8 Å². The third-order valence-corrected chi connectivity index (χ3v) is 5.73. The van der Waals surface area contributed by atoms with Gasteiger partial charge in [0.25, 0.3) is 0 Å². The van der Waals surface area contributed by atoms with Crippen molar-refractivity contribution in [1.82, 2.24) is 35.1 Å². The summed E-state index contributed by atoms with van der Waals surface area (Å²) in [6.45, 7) is 3.69. The van der Waals surface area contributed by atoms with E-state index in [1.165, 1.54) is 0 Å². The van der Waals surface area contributed by atoms with Crippen LogP contribution in [0.3, 0.4) is 0 Å². The minimum Gasteiger partial charge on any atom is -0.472 e. The molecule has 0 unspecified atom stereocenters. The molecule has 3 N–H and O–H groups in total. The number of rotatable bonds is 5. The quantitative estimate of drug-likeness (QED) is 0.333. The predicted octanol–water partition coefficient (Wildman–Crippen LogP) is 4.81. The highest BCUT2D eigenvalue weighted by Crippen LogP contribution is 2.32. The molecule has 0 atom stereocenters. The summed E-state index contributed by atoms with van der Waals surface area (Å²) in [6, 6.07) is 5.73. The van der Waals surface area contributed by atoms with Crippen LogP contribution in [0.25, 0.3) is 55.8 Å². The number of nitrogens with one attached hydrogen (secondary N) is 3. The van der Waals surface area contributed by atoms with E-state index in [2.05, 4.69) is 35.5 Å². The van der Waals surface area contributed by atoms with Gasteiger partial charge in [-0.1, -0.05) is 13.8 Å². The molecule has 172 valence electrons. The summed E-state index contributed by atoms with van der Waals surface area (Å²) in [5, 5.41) is 11.1. The van der Waals surface area contributed by atoms with E-state index in [-0.39, 0.29) is 11.8 Å². The van der Waals surface area contributed by atoms with Gasteiger partial charge in [0.2, 0.25) is 5.91 Å². The van der Waals surface area contributed by atoms with Gasteiger partial charge in [-0.25, -0.2) is 9.97 Å². The average Bonchev–Trinajstić information content (AvgIpc) is 3.62. The van der Waals surface area contributed by atoms with Gasteiger partial charge in [-0.05, 0) is 18.2 Å². The van der Waals surface area contributed by atoms with Crippen LogP contribution in [0.2, 0.25) is 0 Å². The van der Waals surface area contributed by atoms with Crippen LogP contribution in [0.4, 0.5) is 5.69 Å². The lowest BCUT2D eigenvalue weighted by Crippen LogP contribution is -2.17. The molecule has 10 heteroatoms. The Labute approximate surface area is 198 Å². The number of aromatic nitrogens is 7. The highest BCUT2D eigenvalue weighted by molar-refractivity contribution is 5.97. The zero-order valence-electron chi connectivity index (χ0n) is 18.9. The van der Waals surface area contributed by atoms with E-state index in [4.69, 9.17) is 9.40 Å². The predicted molar refractivity (Wildman–Crippen MR) is 131 cm³/mol. The van der Waals surface area contributed by atoms with Crippen LogP contribution in [-0.4, -0.2) is 41.0 Å². The van der Waals surface area contributed by atoms with E-state index in [9.17, 15) is 4.79 Å². The Morgan fingerprint density at radius 3 is 2.71 bits per heavy atom. The molecule has 6 aromatic heterocycles. The first-order valence-corrected chi connectivity index (χ1v) is 11.0. The fourth-order valence-electron chi connectivity index (χ4n) is 3.87. The van der Waals surface area contributed by atoms with Gasteiger partial charge < -0.3 is 14.7 Å². The second kappa shape index (κ2) is 8.17. The number of aromatic amines is 2. The molecule has 0 aliphatic rings. The van der Waals surface area contributed by atoms with Crippen molar-refractivity contribution >= 4 is 33.7 Å². The lowest BCUT2D eigenvalue weighted by Gasteiger charge is -2.09. The number of imidazole rings is 1. The number of anilines is 1. The molecule has 0 fully saturated rings. The molecular weight excluding hydrogens is 444 g/mol. The summed E-state index contributed by atoms with van der Waals surface area (Å²) >= 11 is 0. The lowest BCUT2D eigenvalue weighted by molar-refractivity contribution is -0.118. The van der Waals surface area contributed by atoms with E-state index in [1.807, 2.05) is 32.0 Å². The van der Waals surface area contributed by atoms with Crippen molar-refractivity contribution < 1.29 is 9.21 Å². The zero-order valence-corrected chi connectivity index (χ0v) is 18.9. The number of furan rings is 1. The molecule has 0 aliphatic carbocycles. The molecule has 1 amide bonds.